The van der Waals surface area contributed by atoms with Crippen molar-refractivity contribution < 1.29 is 18.0 Å². The molecule has 0 saturated heterocycles. The molecule has 0 aliphatic heterocycles. The standard InChI is InChI=1S/C14H12F3N3O/c1-18-9-6-7-19-12(8-9)13(21)20-11-5-3-2-4-10(11)14(15,16)17/h2-8H,1H3,(H,18,19)(H,20,21). The van der Waals surface area contributed by atoms with E-state index in [-0.39, 0.29) is 11.4 Å². The molecule has 1 aromatic carbocycles. The van der Waals surface area contributed by atoms with Gasteiger partial charge in [0.25, 0.3) is 5.91 Å². The van der Waals surface area contributed by atoms with E-state index in [4.69, 9.17) is 0 Å². The van der Waals surface area contributed by atoms with Crippen LogP contribution < -0.4 is 10.6 Å². The Bertz CT molecular complexity index is 656. The molecule has 2 rings (SSSR count). The first-order valence-corrected chi connectivity index (χ1v) is 6.03. The zero-order chi connectivity index (χ0) is 15.5. The highest BCUT2D eigenvalue weighted by Gasteiger charge is 2.33. The highest BCUT2D eigenvalue weighted by Crippen LogP contribution is 2.34. The van der Waals surface area contributed by atoms with E-state index in [1.54, 1.807) is 13.1 Å². The number of nitrogens with one attached hydrogen (secondary N) is 2. The highest BCUT2D eigenvalue weighted by molar-refractivity contribution is 6.03. The van der Waals surface area contributed by atoms with Crippen molar-refractivity contribution in [2.45, 2.75) is 6.18 Å². The zero-order valence-electron chi connectivity index (χ0n) is 11.0. The third kappa shape index (κ3) is 3.50. The number of halogens is 3. The van der Waals surface area contributed by atoms with Crippen LogP contribution in [0.2, 0.25) is 0 Å². The van der Waals surface area contributed by atoms with Crippen LogP contribution in [0.4, 0.5) is 24.5 Å². The number of carbonyl (C=O) groups excluding carboxylic acids is 1. The summed E-state index contributed by atoms with van der Waals surface area (Å²) in [4.78, 5) is 15.8. The molecule has 110 valence electrons. The van der Waals surface area contributed by atoms with Gasteiger partial charge in [-0.05, 0) is 24.3 Å². The molecule has 0 fully saturated rings. The third-order valence-corrected chi connectivity index (χ3v) is 2.76. The summed E-state index contributed by atoms with van der Waals surface area (Å²) in [6.07, 6.45) is -3.14. The molecule has 1 amide bonds. The average molecular weight is 295 g/mol. The highest BCUT2D eigenvalue weighted by atomic mass is 19.4. The monoisotopic (exact) mass is 295 g/mol. The Morgan fingerprint density at radius 2 is 1.90 bits per heavy atom. The number of hydrogen-bond donors (Lipinski definition) is 2. The van der Waals surface area contributed by atoms with Gasteiger partial charge in [-0.15, -0.1) is 0 Å². The quantitative estimate of drug-likeness (QED) is 0.912. The van der Waals surface area contributed by atoms with Gasteiger partial charge in [-0.1, -0.05) is 12.1 Å². The largest absolute Gasteiger partial charge is 0.418 e. The minimum absolute atomic E-state index is 0.0267. The van der Waals surface area contributed by atoms with Gasteiger partial charge >= 0.3 is 6.18 Å². The summed E-state index contributed by atoms with van der Waals surface area (Å²) < 4.78 is 38.5. The molecule has 21 heavy (non-hydrogen) atoms. The predicted molar refractivity (Wildman–Crippen MR) is 73.2 cm³/mol. The number of hydrogen-bond acceptors (Lipinski definition) is 3. The molecule has 2 aromatic rings. The lowest BCUT2D eigenvalue weighted by molar-refractivity contribution is -0.136. The number of carbonyl (C=O) groups is 1. The first-order chi connectivity index (χ1) is 9.91. The molecule has 0 saturated carbocycles. The van der Waals surface area contributed by atoms with Gasteiger partial charge < -0.3 is 10.6 Å². The van der Waals surface area contributed by atoms with Crippen molar-refractivity contribution in [1.29, 1.82) is 0 Å². The van der Waals surface area contributed by atoms with E-state index in [0.29, 0.717) is 5.69 Å². The molecular formula is C14H12F3N3O. The van der Waals surface area contributed by atoms with Gasteiger partial charge in [0.05, 0.1) is 11.3 Å². The number of benzene rings is 1. The van der Waals surface area contributed by atoms with Gasteiger partial charge in [-0.3, -0.25) is 9.78 Å². The van der Waals surface area contributed by atoms with Gasteiger partial charge in [0, 0.05) is 18.9 Å². The van der Waals surface area contributed by atoms with Crippen molar-refractivity contribution >= 4 is 17.3 Å². The molecule has 0 aliphatic carbocycles. The van der Waals surface area contributed by atoms with Crippen LogP contribution in [0.5, 0.6) is 0 Å². The molecule has 0 bridgehead atoms. The second kappa shape index (κ2) is 5.82. The second-order valence-electron chi connectivity index (χ2n) is 4.18. The van der Waals surface area contributed by atoms with Gasteiger partial charge in [-0.25, -0.2) is 0 Å². The topological polar surface area (TPSA) is 54.0 Å². The fourth-order valence-corrected chi connectivity index (χ4v) is 1.74. The first-order valence-electron chi connectivity index (χ1n) is 6.03. The Balaban J connectivity index is 2.28. The van der Waals surface area contributed by atoms with Crippen molar-refractivity contribution in [3.8, 4) is 0 Å². The number of alkyl halides is 3. The predicted octanol–water partition coefficient (Wildman–Crippen LogP) is 3.39. The summed E-state index contributed by atoms with van der Waals surface area (Å²) in [5, 5.41) is 5.06. The fraction of sp³-hybridized carbons (Fsp3) is 0.143. The molecule has 0 spiro atoms. The van der Waals surface area contributed by atoms with Gasteiger partial charge in [-0.2, -0.15) is 13.2 Å². The molecule has 0 unspecified atom stereocenters. The van der Waals surface area contributed by atoms with E-state index in [9.17, 15) is 18.0 Å². The average Bonchev–Trinajstić information content (AvgIpc) is 2.46. The number of para-hydroxylation sites is 1. The van der Waals surface area contributed by atoms with Gasteiger partial charge in [0.1, 0.15) is 5.69 Å². The van der Waals surface area contributed by atoms with Crippen molar-refractivity contribution in [2.24, 2.45) is 0 Å². The fourth-order valence-electron chi connectivity index (χ4n) is 1.74. The summed E-state index contributed by atoms with van der Waals surface area (Å²) in [6.45, 7) is 0. The van der Waals surface area contributed by atoms with E-state index in [0.717, 1.165) is 6.07 Å². The number of rotatable bonds is 3. The van der Waals surface area contributed by atoms with Gasteiger partial charge in [0.15, 0.2) is 0 Å². The second-order valence-corrected chi connectivity index (χ2v) is 4.18. The normalized spacial score (nSPS) is 11.0. The van der Waals surface area contributed by atoms with Crippen molar-refractivity contribution in [2.75, 3.05) is 17.7 Å². The SMILES string of the molecule is CNc1ccnc(C(=O)Nc2ccccc2C(F)(F)F)c1. The number of amides is 1. The van der Waals surface area contributed by atoms with Crippen LogP contribution in [0.1, 0.15) is 16.1 Å². The maximum Gasteiger partial charge on any atom is 0.418 e. The maximum absolute atomic E-state index is 12.8. The Hall–Kier alpha value is -2.57. The lowest BCUT2D eigenvalue weighted by atomic mass is 10.1. The molecule has 0 radical (unpaired) electrons. The number of aromatic nitrogens is 1. The summed E-state index contributed by atoms with van der Waals surface area (Å²) in [7, 11) is 1.66. The van der Waals surface area contributed by atoms with Crippen molar-refractivity contribution in [3.05, 3.63) is 53.9 Å². The Kier molecular flexibility index (Phi) is 4.11. The Labute approximate surface area is 119 Å². The summed E-state index contributed by atoms with van der Waals surface area (Å²) >= 11 is 0. The molecule has 4 nitrogen and oxygen atoms in total. The molecule has 1 heterocycles. The number of nitrogens with zero attached hydrogens (tertiary/aromatic N) is 1. The number of pyridine rings is 1. The lowest BCUT2D eigenvalue weighted by Gasteiger charge is -2.13. The van der Waals surface area contributed by atoms with E-state index in [2.05, 4.69) is 15.6 Å². The molecule has 2 N–H and O–H groups in total. The van der Waals surface area contributed by atoms with Crippen LogP contribution in [0.3, 0.4) is 0 Å². The van der Waals surface area contributed by atoms with Crippen molar-refractivity contribution in [3.63, 3.8) is 0 Å². The van der Waals surface area contributed by atoms with E-state index in [1.165, 1.54) is 30.5 Å². The first kappa shape index (κ1) is 14.8. The minimum atomic E-state index is -4.54. The molecule has 1 aromatic heterocycles. The lowest BCUT2D eigenvalue weighted by Crippen LogP contribution is -2.17. The van der Waals surface area contributed by atoms with Crippen LogP contribution in [0.25, 0.3) is 0 Å². The maximum atomic E-state index is 12.8. The van der Waals surface area contributed by atoms with E-state index < -0.39 is 17.6 Å². The Morgan fingerprint density at radius 1 is 1.19 bits per heavy atom. The van der Waals surface area contributed by atoms with Crippen LogP contribution in [-0.2, 0) is 6.18 Å². The summed E-state index contributed by atoms with van der Waals surface area (Å²) in [5.41, 5.74) is -0.534. The van der Waals surface area contributed by atoms with Crippen LogP contribution in [0.15, 0.2) is 42.6 Å². The van der Waals surface area contributed by atoms with E-state index >= 15 is 0 Å². The zero-order valence-corrected chi connectivity index (χ0v) is 11.0. The molecular weight excluding hydrogens is 283 g/mol. The minimum Gasteiger partial charge on any atom is -0.388 e. The number of anilines is 2. The van der Waals surface area contributed by atoms with Crippen molar-refractivity contribution in [1.82, 2.24) is 4.98 Å². The molecule has 0 atom stereocenters. The van der Waals surface area contributed by atoms with Crippen LogP contribution in [-0.4, -0.2) is 17.9 Å². The summed E-state index contributed by atoms with van der Waals surface area (Å²) in [6, 6.07) is 7.88. The summed E-state index contributed by atoms with van der Waals surface area (Å²) in [5.74, 6) is -0.705. The van der Waals surface area contributed by atoms with Crippen LogP contribution >= 0.6 is 0 Å². The van der Waals surface area contributed by atoms with E-state index in [1.807, 2.05) is 0 Å². The van der Waals surface area contributed by atoms with Gasteiger partial charge in [0.2, 0.25) is 0 Å². The molecule has 0 aliphatic rings. The third-order valence-electron chi connectivity index (χ3n) is 2.76. The smallest absolute Gasteiger partial charge is 0.388 e. The molecule has 7 heteroatoms. The van der Waals surface area contributed by atoms with Crippen LogP contribution in [0, 0.1) is 0 Å². The Morgan fingerprint density at radius 3 is 2.57 bits per heavy atom.